The lowest BCUT2D eigenvalue weighted by molar-refractivity contribution is 0.257. The zero-order valence-corrected chi connectivity index (χ0v) is 12.3. The van der Waals surface area contributed by atoms with Crippen molar-refractivity contribution in [3.05, 3.63) is 12.4 Å². The molecule has 106 valence electrons. The minimum atomic E-state index is 0.614. The highest BCUT2D eigenvalue weighted by Crippen LogP contribution is 2.20. The van der Waals surface area contributed by atoms with Crippen LogP contribution in [0.5, 0.6) is 0 Å². The summed E-state index contributed by atoms with van der Waals surface area (Å²) < 4.78 is 0. The van der Waals surface area contributed by atoms with Crippen LogP contribution in [-0.4, -0.2) is 54.6 Å². The van der Waals surface area contributed by atoms with Gasteiger partial charge in [0.25, 0.3) is 0 Å². The van der Waals surface area contributed by atoms with Crippen LogP contribution in [0.1, 0.15) is 26.2 Å². The van der Waals surface area contributed by atoms with Gasteiger partial charge in [-0.3, -0.25) is 4.98 Å². The molecule has 1 saturated heterocycles. The van der Waals surface area contributed by atoms with E-state index in [1.54, 1.807) is 6.20 Å². The van der Waals surface area contributed by atoms with Gasteiger partial charge in [-0.15, -0.1) is 0 Å². The van der Waals surface area contributed by atoms with E-state index in [4.69, 9.17) is 0 Å². The Labute approximate surface area is 116 Å². The van der Waals surface area contributed by atoms with Crippen LogP contribution in [0, 0.1) is 0 Å². The summed E-state index contributed by atoms with van der Waals surface area (Å²) in [5.74, 6) is 1.87. The average molecular weight is 263 g/mol. The Balaban J connectivity index is 2.04. The van der Waals surface area contributed by atoms with Crippen molar-refractivity contribution < 1.29 is 0 Å². The van der Waals surface area contributed by atoms with Crippen molar-refractivity contribution in [3.63, 3.8) is 0 Å². The SMILES string of the molecule is CCCNc1cncc(N2CCCC(N(C)C)C2)n1. The maximum absolute atomic E-state index is 4.66. The Kier molecular flexibility index (Phi) is 4.96. The summed E-state index contributed by atoms with van der Waals surface area (Å²) in [6, 6.07) is 0.614. The van der Waals surface area contributed by atoms with E-state index in [0.29, 0.717) is 6.04 Å². The Morgan fingerprint density at radius 1 is 1.42 bits per heavy atom. The van der Waals surface area contributed by atoms with E-state index in [-0.39, 0.29) is 0 Å². The molecule has 1 N–H and O–H groups in total. The summed E-state index contributed by atoms with van der Waals surface area (Å²) in [5, 5.41) is 3.30. The molecule has 19 heavy (non-hydrogen) atoms. The van der Waals surface area contributed by atoms with Crippen LogP contribution in [0.4, 0.5) is 11.6 Å². The van der Waals surface area contributed by atoms with Crippen molar-refractivity contribution in [1.82, 2.24) is 14.9 Å². The lowest BCUT2D eigenvalue weighted by atomic mass is 10.1. The highest BCUT2D eigenvalue weighted by atomic mass is 15.3. The molecule has 1 fully saturated rings. The third kappa shape index (κ3) is 3.80. The van der Waals surface area contributed by atoms with Crippen molar-refractivity contribution in [2.45, 2.75) is 32.2 Å². The molecule has 0 aliphatic carbocycles. The fourth-order valence-electron chi connectivity index (χ4n) is 2.43. The first-order valence-electron chi connectivity index (χ1n) is 7.18. The average Bonchev–Trinajstić information content (AvgIpc) is 2.45. The number of rotatable bonds is 5. The molecule has 1 unspecified atom stereocenters. The molecule has 2 rings (SSSR count). The Hall–Kier alpha value is -1.36. The van der Waals surface area contributed by atoms with Gasteiger partial charge in [-0.1, -0.05) is 6.92 Å². The van der Waals surface area contributed by atoms with Crippen LogP contribution in [0.3, 0.4) is 0 Å². The molecule has 1 aliphatic heterocycles. The molecule has 1 aromatic rings. The third-order valence-electron chi connectivity index (χ3n) is 3.63. The summed E-state index contributed by atoms with van der Waals surface area (Å²) in [6.07, 6.45) is 7.25. The van der Waals surface area contributed by atoms with Gasteiger partial charge in [0.2, 0.25) is 0 Å². The van der Waals surface area contributed by atoms with Gasteiger partial charge in [-0.2, -0.15) is 0 Å². The first kappa shape index (κ1) is 14.1. The van der Waals surface area contributed by atoms with Crippen LogP contribution in [0.2, 0.25) is 0 Å². The summed E-state index contributed by atoms with van der Waals surface area (Å²) in [5.41, 5.74) is 0. The lowest BCUT2D eigenvalue weighted by Crippen LogP contribution is -2.45. The van der Waals surface area contributed by atoms with E-state index in [1.807, 2.05) is 6.20 Å². The summed E-state index contributed by atoms with van der Waals surface area (Å²) in [4.78, 5) is 13.6. The number of hydrogen-bond acceptors (Lipinski definition) is 5. The molecular weight excluding hydrogens is 238 g/mol. The fourth-order valence-corrected chi connectivity index (χ4v) is 2.43. The molecule has 5 nitrogen and oxygen atoms in total. The molecule has 0 saturated carbocycles. The second-order valence-corrected chi connectivity index (χ2v) is 5.39. The second-order valence-electron chi connectivity index (χ2n) is 5.39. The second kappa shape index (κ2) is 6.70. The lowest BCUT2D eigenvalue weighted by Gasteiger charge is -2.36. The number of anilines is 2. The fraction of sp³-hybridized carbons (Fsp3) is 0.714. The third-order valence-corrected chi connectivity index (χ3v) is 3.63. The van der Waals surface area contributed by atoms with E-state index >= 15 is 0 Å². The highest BCUT2D eigenvalue weighted by Gasteiger charge is 2.22. The van der Waals surface area contributed by atoms with Crippen molar-refractivity contribution in [3.8, 4) is 0 Å². The van der Waals surface area contributed by atoms with Crippen LogP contribution >= 0.6 is 0 Å². The first-order chi connectivity index (χ1) is 9.20. The number of nitrogens with zero attached hydrogens (tertiary/aromatic N) is 4. The molecular formula is C14H25N5. The standard InChI is InChI=1S/C14H25N5/c1-4-7-16-13-9-15-10-14(17-13)19-8-5-6-12(11-19)18(2)3/h9-10,12H,4-8,11H2,1-3H3,(H,16,17). The van der Waals surface area contributed by atoms with Gasteiger partial charge in [-0.05, 0) is 33.4 Å². The summed E-state index contributed by atoms with van der Waals surface area (Å²) in [6.45, 7) is 5.21. The highest BCUT2D eigenvalue weighted by molar-refractivity contribution is 5.44. The van der Waals surface area contributed by atoms with Gasteiger partial charge in [-0.25, -0.2) is 4.98 Å². The minimum Gasteiger partial charge on any atom is -0.369 e. The van der Waals surface area contributed by atoms with Crippen LogP contribution in [0.15, 0.2) is 12.4 Å². The Bertz CT molecular complexity index is 393. The first-order valence-corrected chi connectivity index (χ1v) is 7.18. The molecule has 0 bridgehead atoms. The number of likely N-dealkylation sites (N-methyl/N-ethyl adjacent to an activating group) is 1. The monoisotopic (exact) mass is 263 g/mol. The predicted molar refractivity (Wildman–Crippen MR) is 79.7 cm³/mol. The Morgan fingerprint density at radius 3 is 3.00 bits per heavy atom. The summed E-state index contributed by atoms with van der Waals surface area (Å²) in [7, 11) is 4.30. The molecule has 1 aliphatic rings. The quantitative estimate of drug-likeness (QED) is 0.878. The van der Waals surface area contributed by atoms with Gasteiger partial charge in [0.05, 0.1) is 12.4 Å². The van der Waals surface area contributed by atoms with Crippen LogP contribution < -0.4 is 10.2 Å². The molecule has 1 atom stereocenters. The maximum atomic E-state index is 4.66. The topological polar surface area (TPSA) is 44.3 Å². The number of nitrogens with one attached hydrogen (secondary N) is 1. The van der Waals surface area contributed by atoms with Crippen LogP contribution in [-0.2, 0) is 0 Å². The smallest absolute Gasteiger partial charge is 0.149 e. The van der Waals surface area contributed by atoms with E-state index < -0.39 is 0 Å². The van der Waals surface area contributed by atoms with E-state index in [0.717, 1.165) is 37.7 Å². The molecule has 0 spiro atoms. The van der Waals surface area contributed by atoms with Crippen molar-refractivity contribution >= 4 is 11.6 Å². The minimum absolute atomic E-state index is 0.614. The zero-order valence-electron chi connectivity index (χ0n) is 12.3. The number of aromatic nitrogens is 2. The Morgan fingerprint density at radius 2 is 2.26 bits per heavy atom. The molecule has 0 aromatic carbocycles. The zero-order chi connectivity index (χ0) is 13.7. The summed E-state index contributed by atoms with van der Waals surface area (Å²) >= 11 is 0. The van der Waals surface area contributed by atoms with E-state index in [2.05, 4.69) is 46.1 Å². The van der Waals surface area contributed by atoms with Gasteiger partial charge < -0.3 is 15.1 Å². The van der Waals surface area contributed by atoms with Crippen molar-refractivity contribution in [1.29, 1.82) is 0 Å². The molecule has 0 amide bonds. The molecule has 5 heteroatoms. The van der Waals surface area contributed by atoms with Gasteiger partial charge in [0.15, 0.2) is 0 Å². The van der Waals surface area contributed by atoms with Gasteiger partial charge in [0, 0.05) is 25.7 Å². The largest absolute Gasteiger partial charge is 0.369 e. The van der Waals surface area contributed by atoms with Gasteiger partial charge >= 0.3 is 0 Å². The van der Waals surface area contributed by atoms with Crippen LogP contribution in [0.25, 0.3) is 0 Å². The van der Waals surface area contributed by atoms with Crippen molar-refractivity contribution in [2.75, 3.05) is 43.9 Å². The van der Waals surface area contributed by atoms with Gasteiger partial charge in [0.1, 0.15) is 11.6 Å². The maximum Gasteiger partial charge on any atom is 0.149 e. The number of hydrogen-bond donors (Lipinski definition) is 1. The molecule has 2 heterocycles. The normalized spacial score (nSPS) is 19.8. The number of piperidine rings is 1. The van der Waals surface area contributed by atoms with Crippen molar-refractivity contribution in [2.24, 2.45) is 0 Å². The predicted octanol–water partition coefficient (Wildman–Crippen LogP) is 1.83. The van der Waals surface area contributed by atoms with E-state index in [9.17, 15) is 0 Å². The molecule has 0 radical (unpaired) electrons. The van der Waals surface area contributed by atoms with E-state index in [1.165, 1.54) is 12.8 Å². The molecule has 1 aromatic heterocycles.